The molecule has 0 bridgehead atoms. The van der Waals surface area contributed by atoms with Gasteiger partial charge in [0.2, 0.25) is 0 Å². The molecule has 3 nitrogen and oxygen atoms in total. The number of nitrogen functional groups attached to an aromatic ring is 1. The number of hydrogen-bond donors (Lipinski definition) is 2. The molecule has 0 amide bonds. The van der Waals surface area contributed by atoms with Crippen molar-refractivity contribution in [3.05, 3.63) is 28.8 Å². The van der Waals surface area contributed by atoms with Crippen molar-refractivity contribution in [2.75, 3.05) is 18.0 Å². The summed E-state index contributed by atoms with van der Waals surface area (Å²) in [6.07, 6.45) is 0. The van der Waals surface area contributed by atoms with Gasteiger partial charge in [-0.1, -0.05) is 25.4 Å². The van der Waals surface area contributed by atoms with E-state index >= 15 is 0 Å². The number of nitrogens with one attached hydrogen (secondary N) is 1. The predicted molar refractivity (Wildman–Crippen MR) is 73.0 cm³/mol. The number of nitrogens with zero attached hydrogens (tertiary/aromatic N) is 1. The summed E-state index contributed by atoms with van der Waals surface area (Å²) < 4.78 is 0. The summed E-state index contributed by atoms with van der Waals surface area (Å²) in [5, 5.41) is 8.06. The lowest BCUT2D eigenvalue weighted by atomic mass is 10.0. The van der Waals surface area contributed by atoms with Crippen molar-refractivity contribution in [1.82, 2.24) is 0 Å². The van der Waals surface area contributed by atoms with Crippen molar-refractivity contribution >= 4 is 23.1 Å². The number of nitrogens with two attached hydrogens (primary N) is 1. The van der Waals surface area contributed by atoms with E-state index in [0.717, 1.165) is 18.8 Å². The van der Waals surface area contributed by atoms with Crippen molar-refractivity contribution < 1.29 is 0 Å². The maximum Gasteiger partial charge on any atom is 0.122 e. The smallest absolute Gasteiger partial charge is 0.122 e. The second kappa shape index (κ2) is 4.57. The highest BCUT2D eigenvalue weighted by Crippen LogP contribution is 2.33. The van der Waals surface area contributed by atoms with Crippen LogP contribution in [-0.4, -0.2) is 18.9 Å². The van der Waals surface area contributed by atoms with Gasteiger partial charge in [-0.25, -0.2) is 0 Å². The summed E-state index contributed by atoms with van der Waals surface area (Å²) >= 11 is 6.26. The Balaban J connectivity index is 2.26. The summed E-state index contributed by atoms with van der Waals surface area (Å²) in [5.74, 6) is 1.44. The summed E-state index contributed by atoms with van der Waals surface area (Å²) in [7, 11) is 0. The SMILES string of the molecule is CC1CN(c2ccc(C(=N)N)cc2Cl)CC1C. The fourth-order valence-electron chi connectivity index (χ4n) is 2.26. The average molecular weight is 252 g/mol. The number of hydrogen-bond acceptors (Lipinski definition) is 2. The Morgan fingerprint density at radius 2 is 1.94 bits per heavy atom. The first kappa shape index (κ1) is 12.2. The average Bonchev–Trinajstić information content (AvgIpc) is 2.58. The number of anilines is 1. The van der Waals surface area contributed by atoms with Crippen molar-refractivity contribution in [2.24, 2.45) is 17.6 Å². The van der Waals surface area contributed by atoms with Crippen LogP contribution in [0.1, 0.15) is 19.4 Å². The Kier molecular flexibility index (Phi) is 3.29. The van der Waals surface area contributed by atoms with Crippen LogP contribution in [0.4, 0.5) is 5.69 Å². The molecule has 2 unspecified atom stereocenters. The molecule has 17 heavy (non-hydrogen) atoms. The molecule has 1 heterocycles. The molecule has 0 saturated carbocycles. The Labute approximate surface area is 107 Å². The molecule has 1 saturated heterocycles. The summed E-state index contributed by atoms with van der Waals surface area (Å²) in [6, 6.07) is 5.59. The number of benzene rings is 1. The Morgan fingerprint density at radius 1 is 1.35 bits per heavy atom. The van der Waals surface area contributed by atoms with E-state index in [1.54, 1.807) is 6.07 Å². The molecule has 0 aliphatic carbocycles. The molecule has 2 rings (SSSR count). The largest absolute Gasteiger partial charge is 0.384 e. The molecule has 1 fully saturated rings. The quantitative estimate of drug-likeness (QED) is 0.627. The second-order valence-corrected chi connectivity index (χ2v) is 5.35. The van der Waals surface area contributed by atoms with Gasteiger partial charge in [-0.05, 0) is 30.0 Å². The van der Waals surface area contributed by atoms with Crippen LogP contribution in [0.3, 0.4) is 0 Å². The van der Waals surface area contributed by atoms with E-state index in [1.165, 1.54) is 0 Å². The van der Waals surface area contributed by atoms with Crippen LogP contribution in [0.2, 0.25) is 5.02 Å². The van der Waals surface area contributed by atoms with Gasteiger partial charge in [0.1, 0.15) is 5.84 Å². The second-order valence-electron chi connectivity index (χ2n) is 4.94. The van der Waals surface area contributed by atoms with Gasteiger partial charge in [0.15, 0.2) is 0 Å². The number of amidine groups is 1. The van der Waals surface area contributed by atoms with E-state index in [4.69, 9.17) is 22.7 Å². The first-order valence-corrected chi connectivity index (χ1v) is 6.25. The molecule has 0 spiro atoms. The van der Waals surface area contributed by atoms with E-state index in [0.29, 0.717) is 22.4 Å². The van der Waals surface area contributed by atoms with Gasteiger partial charge in [0, 0.05) is 18.7 Å². The molecule has 0 radical (unpaired) electrons. The summed E-state index contributed by atoms with van der Waals surface area (Å²) in [5.41, 5.74) is 7.17. The Bertz CT molecular complexity index is 434. The van der Waals surface area contributed by atoms with Gasteiger partial charge in [-0.2, -0.15) is 0 Å². The highest BCUT2D eigenvalue weighted by atomic mass is 35.5. The minimum atomic E-state index is 0.0570. The van der Waals surface area contributed by atoms with E-state index < -0.39 is 0 Å². The molecule has 4 heteroatoms. The lowest BCUT2D eigenvalue weighted by molar-refractivity contribution is 0.494. The minimum Gasteiger partial charge on any atom is -0.384 e. The molecule has 1 aliphatic rings. The topological polar surface area (TPSA) is 53.1 Å². The third-order valence-corrected chi connectivity index (χ3v) is 3.89. The normalized spacial score (nSPS) is 24.1. The van der Waals surface area contributed by atoms with Crippen LogP contribution >= 0.6 is 11.6 Å². The third-order valence-electron chi connectivity index (χ3n) is 3.59. The summed E-state index contributed by atoms with van der Waals surface area (Å²) in [4.78, 5) is 2.31. The van der Waals surface area contributed by atoms with Gasteiger partial charge in [0.05, 0.1) is 10.7 Å². The van der Waals surface area contributed by atoms with E-state index in [9.17, 15) is 0 Å². The van der Waals surface area contributed by atoms with Crippen molar-refractivity contribution in [3.63, 3.8) is 0 Å². The van der Waals surface area contributed by atoms with Gasteiger partial charge in [-0.3, -0.25) is 5.41 Å². The number of halogens is 1. The molecule has 3 N–H and O–H groups in total. The minimum absolute atomic E-state index is 0.0570. The zero-order chi connectivity index (χ0) is 12.6. The van der Waals surface area contributed by atoms with Crippen LogP contribution in [0, 0.1) is 17.2 Å². The zero-order valence-corrected chi connectivity index (χ0v) is 11.0. The Hall–Kier alpha value is -1.22. The third kappa shape index (κ3) is 2.39. The molecule has 2 atom stereocenters. The molecule has 1 aliphatic heterocycles. The Morgan fingerprint density at radius 3 is 2.41 bits per heavy atom. The zero-order valence-electron chi connectivity index (χ0n) is 10.2. The fraction of sp³-hybridized carbons (Fsp3) is 0.462. The van der Waals surface area contributed by atoms with Crippen molar-refractivity contribution in [2.45, 2.75) is 13.8 Å². The summed E-state index contributed by atoms with van der Waals surface area (Å²) in [6.45, 7) is 6.62. The van der Waals surface area contributed by atoms with Crippen LogP contribution in [-0.2, 0) is 0 Å². The molecule has 1 aromatic carbocycles. The molecular formula is C13H18ClN3. The van der Waals surface area contributed by atoms with Crippen LogP contribution in [0.25, 0.3) is 0 Å². The van der Waals surface area contributed by atoms with Gasteiger partial charge >= 0.3 is 0 Å². The van der Waals surface area contributed by atoms with Crippen LogP contribution in [0.15, 0.2) is 18.2 Å². The lowest BCUT2D eigenvalue weighted by Gasteiger charge is -2.20. The molecular weight excluding hydrogens is 234 g/mol. The monoisotopic (exact) mass is 251 g/mol. The standard InChI is InChI=1S/C13H18ClN3/c1-8-6-17(7-9(8)2)12-4-3-10(13(15)16)5-11(12)14/h3-5,8-9H,6-7H2,1-2H3,(H3,15,16). The fourth-order valence-corrected chi connectivity index (χ4v) is 2.56. The van der Waals surface area contributed by atoms with E-state index in [2.05, 4.69) is 18.7 Å². The van der Waals surface area contributed by atoms with Crippen LogP contribution < -0.4 is 10.6 Å². The maximum atomic E-state index is 7.38. The molecule has 1 aromatic rings. The molecule has 92 valence electrons. The van der Waals surface area contributed by atoms with E-state index in [-0.39, 0.29) is 5.84 Å². The van der Waals surface area contributed by atoms with Crippen LogP contribution in [0.5, 0.6) is 0 Å². The van der Waals surface area contributed by atoms with Gasteiger partial charge in [0.25, 0.3) is 0 Å². The van der Waals surface area contributed by atoms with Gasteiger partial charge < -0.3 is 10.6 Å². The lowest BCUT2D eigenvalue weighted by Crippen LogP contribution is -2.20. The molecule has 0 aromatic heterocycles. The highest BCUT2D eigenvalue weighted by molar-refractivity contribution is 6.33. The first-order valence-electron chi connectivity index (χ1n) is 5.88. The van der Waals surface area contributed by atoms with E-state index in [1.807, 2.05) is 12.1 Å². The van der Waals surface area contributed by atoms with Crippen molar-refractivity contribution in [1.29, 1.82) is 5.41 Å². The maximum absolute atomic E-state index is 7.38. The first-order chi connectivity index (χ1) is 7.99. The van der Waals surface area contributed by atoms with Crippen molar-refractivity contribution in [3.8, 4) is 0 Å². The number of rotatable bonds is 2. The predicted octanol–water partition coefficient (Wildman–Crippen LogP) is 2.72. The van der Waals surface area contributed by atoms with Gasteiger partial charge in [-0.15, -0.1) is 0 Å². The highest BCUT2D eigenvalue weighted by Gasteiger charge is 2.27.